The highest BCUT2D eigenvalue weighted by Gasteiger charge is 2.19. The number of benzene rings is 2. The molecule has 0 aliphatic rings. The van der Waals surface area contributed by atoms with Crippen molar-refractivity contribution < 1.29 is 14.7 Å². The Kier molecular flexibility index (Phi) is 5.61. The van der Waals surface area contributed by atoms with Gasteiger partial charge in [0.25, 0.3) is 5.91 Å². The predicted octanol–water partition coefficient (Wildman–Crippen LogP) is 2.25. The van der Waals surface area contributed by atoms with Crippen LogP contribution in [-0.2, 0) is 11.2 Å². The highest BCUT2D eigenvalue weighted by atomic mass is 16.4. The average molecular weight is 364 g/mol. The molecule has 3 rings (SSSR count). The summed E-state index contributed by atoms with van der Waals surface area (Å²) in [7, 11) is 0. The zero-order chi connectivity index (χ0) is 19.2. The van der Waals surface area contributed by atoms with Crippen LogP contribution in [0.15, 0.2) is 61.2 Å². The Hall–Kier alpha value is -3.48. The third kappa shape index (κ3) is 4.78. The molecule has 1 unspecified atom stereocenters. The number of aryl methyl sites for hydroxylation is 1. The minimum Gasteiger partial charge on any atom is -0.481 e. The molecule has 1 atom stereocenters. The van der Waals surface area contributed by atoms with E-state index in [1.165, 1.54) is 6.33 Å². The molecule has 0 saturated heterocycles. The maximum absolute atomic E-state index is 12.3. The number of hydrogen-bond acceptors (Lipinski definition) is 4. The van der Waals surface area contributed by atoms with Crippen LogP contribution in [0.5, 0.6) is 0 Å². The molecule has 0 aliphatic carbocycles. The van der Waals surface area contributed by atoms with Crippen LogP contribution < -0.4 is 5.32 Å². The lowest BCUT2D eigenvalue weighted by atomic mass is 9.98. The summed E-state index contributed by atoms with van der Waals surface area (Å²) in [6.07, 6.45) is 3.36. The first-order valence-electron chi connectivity index (χ1n) is 8.54. The van der Waals surface area contributed by atoms with Gasteiger partial charge in [0.1, 0.15) is 12.7 Å². The van der Waals surface area contributed by atoms with E-state index in [1.807, 2.05) is 31.2 Å². The lowest BCUT2D eigenvalue weighted by Crippen LogP contribution is -2.34. The van der Waals surface area contributed by atoms with Crippen LogP contribution in [0.3, 0.4) is 0 Å². The number of hydrogen-bond donors (Lipinski definition) is 2. The SMILES string of the molecule is Cc1ccc(CC(CNC(=O)c2ccc(-n3cncn3)cc2)C(=O)O)cc1. The standard InChI is InChI=1S/C20H20N4O3/c1-14-2-4-15(5-3-14)10-17(20(26)27)11-22-19(25)16-6-8-18(9-7-16)24-13-21-12-23-24/h2-9,12-13,17H,10-11H2,1H3,(H,22,25)(H,26,27). The first-order valence-corrected chi connectivity index (χ1v) is 8.54. The normalized spacial score (nSPS) is 11.7. The Labute approximate surface area is 156 Å². The van der Waals surface area contributed by atoms with Crippen LogP contribution in [0.4, 0.5) is 0 Å². The van der Waals surface area contributed by atoms with Gasteiger partial charge in [0, 0.05) is 12.1 Å². The highest BCUT2D eigenvalue weighted by Crippen LogP contribution is 2.12. The number of nitrogens with one attached hydrogen (secondary N) is 1. The monoisotopic (exact) mass is 364 g/mol. The van der Waals surface area contributed by atoms with Crippen LogP contribution in [-0.4, -0.2) is 38.3 Å². The molecular formula is C20H20N4O3. The van der Waals surface area contributed by atoms with Gasteiger partial charge in [0.15, 0.2) is 0 Å². The summed E-state index contributed by atoms with van der Waals surface area (Å²) in [4.78, 5) is 27.7. The summed E-state index contributed by atoms with van der Waals surface area (Å²) < 4.78 is 1.59. The minimum absolute atomic E-state index is 0.0624. The van der Waals surface area contributed by atoms with Crippen LogP contribution >= 0.6 is 0 Å². The van der Waals surface area contributed by atoms with Gasteiger partial charge in [-0.15, -0.1) is 0 Å². The van der Waals surface area contributed by atoms with Crippen molar-refractivity contribution in [3.05, 3.63) is 77.9 Å². The summed E-state index contributed by atoms with van der Waals surface area (Å²) in [5.74, 6) is -1.93. The van der Waals surface area contributed by atoms with E-state index in [9.17, 15) is 14.7 Å². The van der Waals surface area contributed by atoms with E-state index in [1.54, 1.807) is 35.3 Å². The number of carbonyl (C=O) groups excluding carboxylic acids is 1. The Bertz CT molecular complexity index is 903. The third-order valence-corrected chi connectivity index (χ3v) is 4.27. The lowest BCUT2D eigenvalue weighted by molar-refractivity contribution is -0.141. The molecule has 1 heterocycles. The van der Waals surface area contributed by atoms with E-state index in [2.05, 4.69) is 15.4 Å². The van der Waals surface area contributed by atoms with Crippen LogP contribution in [0.25, 0.3) is 5.69 Å². The fourth-order valence-electron chi connectivity index (χ4n) is 2.68. The molecule has 0 radical (unpaired) electrons. The second-order valence-electron chi connectivity index (χ2n) is 6.32. The van der Waals surface area contributed by atoms with E-state index >= 15 is 0 Å². The molecule has 27 heavy (non-hydrogen) atoms. The molecule has 7 nitrogen and oxygen atoms in total. The maximum Gasteiger partial charge on any atom is 0.308 e. The van der Waals surface area contributed by atoms with Crippen molar-refractivity contribution in [3.63, 3.8) is 0 Å². The van der Waals surface area contributed by atoms with E-state index in [4.69, 9.17) is 0 Å². The summed E-state index contributed by atoms with van der Waals surface area (Å²) in [6, 6.07) is 14.6. The molecule has 0 fully saturated rings. The van der Waals surface area contributed by atoms with Crippen molar-refractivity contribution in [1.82, 2.24) is 20.1 Å². The van der Waals surface area contributed by atoms with Gasteiger partial charge in [-0.25, -0.2) is 9.67 Å². The first-order chi connectivity index (χ1) is 13.0. The van der Waals surface area contributed by atoms with Crippen LogP contribution in [0.2, 0.25) is 0 Å². The van der Waals surface area contributed by atoms with Gasteiger partial charge < -0.3 is 10.4 Å². The van der Waals surface area contributed by atoms with Gasteiger partial charge in [-0.05, 0) is 43.2 Å². The summed E-state index contributed by atoms with van der Waals surface area (Å²) >= 11 is 0. The molecule has 0 spiro atoms. The number of carboxylic acid groups (broad SMARTS) is 1. The van der Waals surface area contributed by atoms with E-state index in [0.29, 0.717) is 12.0 Å². The van der Waals surface area contributed by atoms with Crippen LogP contribution in [0, 0.1) is 12.8 Å². The topological polar surface area (TPSA) is 97.1 Å². The average Bonchev–Trinajstić information content (AvgIpc) is 3.21. The highest BCUT2D eigenvalue weighted by molar-refractivity contribution is 5.94. The Morgan fingerprint density at radius 3 is 2.41 bits per heavy atom. The van der Waals surface area contributed by atoms with Crippen molar-refractivity contribution in [2.24, 2.45) is 5.92 Å². The van der Waals surface area contributed by atoms with Crippen molar-refractivity contribution in [1.29, 1.82) is 0 Å². The smallest absolute Gasteiger partial charge is 0.308 e. The van der Waals surface area contributed by atoms with Crippen molar-refractivity contribution >= 4 is 11.9 Å². The zero-order valence-corrected chi connectivity index (χ0v) is 14.9. The number of carbonyl (C=O) groups is 2. The van der Waals surface area contributed by atoms with Gasteiger partial charge >= 0.3 is 5.97 Å². The Balaban J connectivity index is 1.60. The van der Waals surface area contributed by atoms with Gasteiger partial charge in [-0.3, -0.25) is 9.59 Å². The number of rotatable bonds is 7. The molecule has 1 amide bonds. The first kappa shape index (κ1) is 18.3. The van der Waals surface area contributed by atoms with E-state index in [-0.39, 0.29) is 12.5 Å². The van der Waals surface area contributed by atoms with Gasteiger partial charge in [0.05, 0.1) is 11.6 Å². The summed E-state index contributed by atoms with van der Waals surface area (Å²) in [5, 5.41) is 16.2. The predicted molar refractivity (Wildman–Crippen MR) is 99.7 cm³/mol. The molecule has 0 saturated carbocycles. The molecule has 2 N–H and O–H groups in total. The van der Waals surface area contributed by atoms with Crippen molar-refractivity contribution in [2.45, 2.75) is 13.3 Å². The largest absolute Gasteiger partial charge is 0.481 e. The number of aromatic nitrogens is 3. The van der Waals surface area contributed by atoms with Gasteiger partial charge in [0.2, 0.25) is 0 Å². The second kappa shape index (κ2) is 8.27. The second-order valence-corrected chi connectivity index (χ2v) is 6.32. The number of amides is 1. The fraction of sp³-hybridized carbons (Fsp3) is 0.200. The van der Waals surface area contributed by atoms with Crippen LogP contribution in [0.1, 0.15) is 21.5 Å². The van der Waals surface area contributed by atoms with Crippen molar-refractivity contribution in [2.75, 3.05) is 6.54 Å². The molecule has 1 aromatic heterocycles. The number of nitrogens with zero attached hydrogens (tertiary/aromatic N) is 3. The molecule has 3 aromatic rings. The van der Waals surface area contributed by atoms with Crippen molar-refractivity contribution in [3.8, 4) is 5.69 Å². The maximum atomic E-state index is 12.3. The van der Waals surface area contributed by atoms with Gasteiger partial charge in [-0.1, -0.05) is 29.8 Å². The Morgan fingerprint density at radius 1 is 1.11 bits per heavy atom. The molecular weight excluding hydrogens is 344 g/mol. The number of aliphatic carboxylic acids is 1. The minimum atomic E-state index is -0.933. The summed E-state index contributed by atoms with van der Waals surface area (Å²) in [6.45, 7) is 2.04. The van der Waals surface area contributed by atoms with E-state index < -0.39 is 11.9 Å². The molecule has 2 aromatic carbocycles. The lowest BCUT2D eigenvalue weighted by Gasteiger charge is -2.14. The van der Waals surface area contributed by atoms with Gasteiger partial charge in [-0.2, -0.15) is 5.10 Å². The fourth-order valence-corrected chi connectivity index (χ4v) is 2.68. The van der Waals surface area contributed by atoms with E-state index in [0.717, 1.165) is 16.8 Å². The molecule has 0 bridgehead atoms. The molecule has 7 heteroatoms. The summed E-state index contributed by atoms with van der Waals surface area (Å²) in [5.41, 5.74) is 3.29. The molecule has 0 aliphatic heterocycles. The number of carboxylic acids is 1. The molecule has 138 valence electrons. The third-order valence-electron chi connectivity index (χ3n) is 4.27. The Morgan fingerprint density at radius 2 is 1.81 bits per heavy atom. The quantitative estimate of drug-likeness (QED) is 0.670. The zero-order valence-electron chi connectivity index (χ0n) is 14.9.